The van der Waals surface area contributed by atoms with Crippen LogP contribution in [-0.2, 0) is 27.8 Å². The average Bonchev–Trinajstić information content (AvgIpc) is 3.00. The molecule has 2 fully saturated rings. The second kappa shape index (κ2) is 14.0. The van der Waals surface area contributed by atoms with Crippen LogP contribution in [0.25, 0.3) is 0 Å². The summed E-state index contributed by atoms with van der Waals surface area (Å²) in [4.78, 5) is 15.9. The van der Waals surface area contributed by atoms with Crippen molar-refractivity contribution < 1.29 is 27.8 Å². The predicted octanol–water partition coefficient (Wildman–Crippen LogP) is 6.04. The number of fused-ring (bicyclic) bond motifs is 3. The summed E-state index contributed by atoms with van der Waals surface area (Å²) in [5, 5.41) is 11.0. The van der Waals surface area contributed by atoms with Crippen molar-refractivity contribution in [2.75, 3.05) is 25.1 Å². The molecule has 0 saturated heterocycles. The number of nitrogens with one attached hydrogen (secondary N) is 1. The number of anilines is 1. The number of amides is 1. The average molecular weight is 657 g/mol. The first-order valence-corrected chi connectivity index (χ1v) is 18.4. The van der Waals surface area contributed by atoms with Gasteiger partial charge in [0.05, 0.1) is 17.9 Å². The topological polar surface area (TPSA) is 105 Å². The smallest absolute Gasteiger partial charge is 0.264 e. The number of methoxy groups -OCH3 is 1. The molecule has 2 bridgehead atoms. The summed E-state index contributed by atoms with van der Waals surface area (Å²) in [6, 6.07) is 11.1. The highest BCUT2D eigenvalue weighted by atomic mass is 35.5. The highest BCUT2D eigenvalue weighted by Crippen LogP contribution is 2.41. The van der Waals surface area contributed by atoms with Gasteiger partial charge in [-0.3, -0.25) is 4.79 Å². The van der Waals surface area contributed by atoms with E-state index >= 15 is 0 Å². The summed E-state index contributed by atoms with van der Waals surface area (Å²) in [5.41, 5.74) is 3.27. The van der Waals surface area contributed by atoms with E-state index in [4.69, 9.17) is 21.1 Å². The Bertz CT molecular complexity index is 1510. The number of rotatable bonds is 3. The van der Waals surface area contributed by atoms with E-state index in [1.165, 1.54) is 12.7 Å². The van der Waals surface area contributed by atoms with E-state index in [1.807, 2.05) is 30.4 Å². The Labute approximate surface area is 272 Å². The summed E-state index contributed by atoms with van der Waals surface area (Å²) in [5.74, 6) is 0.645. The molecule has 0 spiro atoms. The van der Waals surface area contributed by atoms with Crippen LogP contribution in [0.15, 0.2) is 48.6 Å². The lowest BCUT2D eigenvalue weighted by atomic mass is 9.70. The molecule has 0 radical (unpaired) electrons. The third kappa shape index (κ3) is 7.37. The van der Waals surface area contributed by atoms with Gasteiger partial charge in [-0.1, -0.05) is 49.1 Å². The van der Waals surface area contributed by atoms with Gasteiger partial charge < -0.3 is 19.5 Å². The van der Waals surface area contributed by atoms with Crippen LogP contribution in [0.1, 0.15) is 79.3 Å². The molecule has 8 nitrogen and oxygen atoms in total. The zero-order valence-corrected chi connectivity index (χ0v) is 27.6. The van der Waals surface area contributed by atoms with E-state index in [-0.39, 0.29) is 23.3 Å². The van der Waals surface area contributed by atoms with Gasteiger partial charge in [0, 0.05) is 30.8 Å². The molecular formula is C35H45ClN2O6S. The first-order valence-electron chi connectivity index (χ1n) is 16.4. The quantitative estimate of drug-likeness (QED) is 0.388. The van der Waals surface area contributed by atoms with Crippen LogP contribution in [0, 0.1) is 17.8 Å². The van der Waals surface area contributed by atoms with Crippen molar-refractivity contribution in [3.63, 3.8) is 0 Å². The van der Waals surface area contributed by atoms with Gasteiger partial charge in [-0.05, 0) is 104 Å². The lowest BCUT2D eigenvalue weighted by molar-refractivity contribution is 0.0455. The number of carbonyl (C=O) groups is 1. The molecule has 2 heterocycles. The van der Waals surface area contributed by atoms with Crippen LogP contribution in [0.2, 0.25) is 5.02 Å². The van der Waals surface area contributed by atoms with E-state index in [2.05, 4.69) is 9.62 Å². The van der Waals surface area contributed by atoms with Crippen molar-refractivity contribution in [2.45, 2.75) is 88.3 Å². The lowest BCUT2D eigenvalue weighted by Gasteiger charge is -2.42. The fraction of sp³-hybridized carbons (Fsp3) is 0.571. The first-order chi connectivity index (χ1) is 21.7. The summed E-state index contributed by atoms with van der Waals surface area (Å²) in [7, 11) is -2.56. The number of benzene rings is 2. The summed E-state index contributed by atoms with van der Waals surface area (Å²) >= 11 is 6.33. The van der Waals surface area contributed by atoms with Crippen molar-refractivity contribution >= 4 is 33.2 Å². The maximum atomic E-state index is 13.8. The fourth-order valence-corrected chi connectivity index (χ4v) is 9.20. The monoisotopic (exact) mass is 656 g/mol. The summed E-state index contributed by atoms with van der Waals surface area (Å²) in [6.45, 7) is 1.80. The van der Waals surface area contributed by atoms with Gasteiger partial charge in [-0.25, -0.2) is 13.1 Å². The van der Waals surface area contributed by atoms with Crippen molar-refractivity contribution in [3.8, 4) is 5.75 Å². The van der Waals surface area contributed by atoms with E-state index < -0.39 is 33.4 Å². The standard InChI is InChI=1S/C35H45ClN2O6S/c1-43-33-10-5-9-31(39)29-15-12-26(29)21-38-17-3-2-8-24-19-28(36)14-11-27(24)22-44-32-16-13-25(20-30(32)38)35(40)37-45(41,42)34(33)18-23-6-4-7-23/h5,9,11,13-14,16,19-20,23,26,29,31,33-34,39H,2-4,6-8,10,12,15,17-18,21-22H2,1H3,(H,37,40)/b9-5+/t26?,29?,31-,33-,34-/m0/s1. The van der Waals surface area contributed by atoms with Crippen LogP contribution >= 0.6 is 11.6 Å². The Morgan fingerprint density at radius 1 is 1.07 bits per heavy atom. The maximum absolute atomic E-state index is 13.8. The third-order valence-corrected chi connectivity index (χ3v) is 12.4. The largest absolute Gasteiger partial charge is 0.487 e. The number of carbonyl (C=O) groups excluding carboxylic acids is 1. The lowest BCUT2D eigenvalue weighted by Crippen LogP contribution is -2.46. The van der Waals surface area contributed by atoms with Gasteiger partial charge in [0.2, 0.25) is 10.0 Å². The van der Waals surface area contributed by atoms with Gasteiger partial charge in [0.15, 0.2) is 0 Å². The molecule has 2 aliphatic carbocycles. The van der Waals surface area contributed by atoms with E-state index in [0.29, 0.717) is 36.8 Å². The highest BCUT2D eigenvalue weighted by molar-refractivity contribution is 7.90. The maximum Gasteiger partial charge on any atom is 0.264 e. The van der Waals surface area contributed by atoms with Crippen LogP contribution in [0.3, 0.4) is 0 Å². The molecular weight excluding hydrogens is 612 g/mol. The molecule has 244 valence electrons. The third-order valence-electron chi connectivity index (χ3n) is 10.5. The molecule has 4 aliphatic rings. The van der Waals surface area contributed by atoms with E-state index in [9.17, 15) is 18.3 Å². The second-order valence-corrected chi connectivity index (χ2v) is 15.6. The number of ether oxygens (including phenoxy) is 2. The molecule has 10 heteroatoms. The minimum absolute atomic E-state index is 0.102. The van der Waals surface area contributed by atoms with Gasteiger partial charge >= 0.3 is 0 Å². The van der Waals surface area contributed by atoms with Crippen molar-refractivity contribution in [1.29, 1.82) is 0 Å². The Hall–Kier alpha value is -2.59. The zero-order valence-electron chi connectivity index (χ0n) is 26.0. The molecule has 45 heavy (non-hydrogen) atoms. The normalized spacial score (nSPS) is 29.8. The van der Waals surface area contributed by atoms with Crippen molar-refractivity contribution in [2.24, 2.45) is 17.8 Å². The van der Waals surface area contributed by atoms with Gasteiger partial charge in [0.25, 0.3) is 5.91 Å². The SMILES string of the molecule is CO[C@H]1C/C=C/[C@H](O)C2CCC2CN2CCCCc3cc(Cl)ccc3COc3ccc(cc32)C(=O)NS(=O)(=O)[C@H]1CC1CCC1. The molecule has 6 rings (SSSR count). The molecule has 2 saturated carbocycles. The summed E-state index contributed by atoms with van der Waals surface area (Å²) < 4.78 is 42.3. The Balaban J connectivity index is 1.37. The number of aryl methyl sites for hydroxylation is 1. The summed E-state index contributed by atoms with van der Waals surface area (Å²) in [6.07, 6.45) is 10.9. The molecule has 2 aliphatic heterocycles. The number of aliphatic hydroxyl groups is 1. The molecule has 2 aromatic rings. The number of halogens is 1. The minimum atomic E-state index is -4.08. The molecule has 0 aromatic heterocycles. The van der Waals surface area contributed by atoms with Gasteiger partial charge in [0.1, 0.15) is 17.6 Å². The minimum Gasteiger partial charge on any atom is -0.487 e. The van der Waals surface area contributed by atoms with Crippen molar-refractivity contribution in [3.05, 3.63) is 70.3 Å². The molecule has 2 N–H and O–H groups in total. The van der Waals surface area contributed by atoms with Gasteiger partial charge in [-0.2, -0.15) is 0 Å². The highest BCUT2D eigenvalue weighted by Gasteiger charge is 2.39. The fourth-order valence-electron chi connectivity index (χ4n) is 7.33. The van der Waals surface area contributed by atoms with Crippen LogP contribution in [0.5, 0.6) is 5.75 Å². The Morgan fingerprint density at radius 2 is 1.91 bits per heavy atom. The number of sulfonamides is 1. The molecule has 2 unspecified atom stereocenters. The van der Waals surface area contributed by atoms with Crippen LogP contribution < -0.4 is 14.4 Å². The number of aliphatic hydroxyl groups excluding tert-OH is 1. The molecule has 1 amide bonds. The Morgan fingerprint density at radius 3 is 2.64 bits per heavy atom. The number of nitrogens with zero attached hydrogens (tertiary/aromatic N) is 1. The zero-order chi connectivity index (χ0) is 31.6. The van der Waals surface area contributed by atoms with E-state index in [1.54, 1.807) is 18.2 Å². The number of hydrogen-bond acceptors (Lipinski definition) is 7. The van der Waals surface area contributed by atoms with Crippen molar-refractivity contribution in [1.82, 2.24) is 4.72 Å². The molecule has 2 aromatic carbocycles. The Kier molecular flexibility index (Phi) is 10.1. The second-order valence-electron chi connectivity index (χ2n) is 13.3. The van der Waals surface area contributed by atoms with Gasteiger partial charge in [-0.15, -0.1) is 0 Å². The first kappa shape index (κ1) is 32.4. The molecule has 5 atom stereocenters. The van der Waals surface area contributed by atoms with Crippen LogP contribution in [-0.4, -0.2) is 57.1 Å². The van der Waals surface area contributed by atoms with E-state index in [0.717, 1.165) is 69.2 Å². The predicted molar refractivity (Wildman–Crippen MR) is 176 cm³/mol. The van der Waals surface area contributed by atoms with Crippen LogP contribution in [0.4, 0.5) is 5.69 Å². The number of hydrogen-bond donors (Lipinski definition) is 2.